The molecule has 32 valence electrons. The van der Waals surface area contributed by atoms with E-state index >= 15 is 0 Å². The zero-order valence-electron chi connectivity index (χ0n) is 3.21. The summed E-state index contributed by atoms with van der Waals surface area (Å²) in [4.78, 5) is 0. The monoisotopic (exact) mass is 122 g/mol. The quantitative estimate of drug-likeness (QED) is 0.421. The van der Waals surface area contributed by atoms with E-state index in [1.54, 1.807) is 16.6 Å². The predicted octanol–water partition coefficient (Wildman–Crippen LogP) is -0.954. The third-order valence-electron chi connectivity index (χ3n) is 0.175. The van der Waals surface area contributed by atoms with Crippen molar-refractivity contribution >= 4 is 26.7 Å². The molecule has 0 saturated carbocycles. The molecule has 6 heavy (non-hydrogen) atoms. The van der Waals surface area contributed by atoms with Gasteiger partial charge in [0.2, 0.25) is 0 Å². The van der Waals surface area contributed by atoms with Gasteiger partial charge in [-0.1, -0.05) is 0 Å². The Morgan fingerprint density at radius 2 is 1.83 bits per heavy atom. The van der Waals surface area contributed by atoms with Crippen molar-refractivity contribution in [2.45, 2.75) is 0 Å². The third kappa shape index (κ3) is 4.44. The summed E-state index contributed by atoms with van der Waals surface area (Å²) >= 11 is 1.64. The van der Waals surface area contributed by atoms with Crippen molar-refractivity contribution in [1.29, 1.82) is 0 Å². The molecule has 0 aromatic heterocycles. The van der Waals surface area contributed by atoms with Crippen molar-refractivity contribution in [3.8, 4) is 0 Å². The Morgan fingerprint density at radius 3 is 1.83 bits per heavy atom. The Kier molecular flexibility index (Phi) is 2.08. The van der Waals surface area contributed by atoms with Gasteiger partial charge in [-0.25, -0.2) is 0 Å². The average molecular weight is 122 g/mol. The van der Waals surface area contributed by atoms with Gasteiger partial charge in [0.05, 0.1) is 0 Å². The summed E-state index contributed by atoms with van der Waals surface area (Å²) in [7, 11) is -3.20. The molecule has 5 heteroatoms. The van der Waals surface area contributed by atoms with Crippen LogP contribution < -0.4 is 0 Å². The first-order chi connectivity index (χ1) is 2.56. The minimum absolute atomic E-state index is 0.972. The van der Waals surface area contributed by atoms with Crippen LogP contribution in [0.4, 0.5) is 0 Å². The second-order valence-corrected chi connectivity index (χ2v) is 2.98. The topological polar surface area (TPSA) is 43.4 Å². The zero-order chi connectivity index (χ0) is 5.21. The van der Waals surface area contributed by atoms with Gasteiger partial charge in [-0.3, -0.25) is 0 Å². The molecular weight excluding hydrogens is 119 g/mol. The molecule has 0 unspecified atom stereocenters. The van der Waals surface area contributed by atoms with E-state index in [4.69, 9.17) is 0 Å². The van der Waals surface area contributed by atoms with Crippen LogP contribution in [-0.2, 0) is 13.4 Å². The van der Waals surface area contributed by atoms with Gasteiger partial charge in [0.25, 0.3) is 0 Å². The molecule has 0 saturated heterocycles. The molecule has 0 aliphatic heterocycles. The Hall–Kier alpha value is 0.442. The van der Waals surface area contributed by atoms with E-state index < -0.39 is 10.1 Å². The normalized spacial score (nSPS) is 11.8. The molecule has 0 aromatic carbocycles. The molecule has 0 aliphatic rings. The molecule has 3 nitrogen and oxygen atoms in total. The number of hydrogen-bond acceptors (Lipinski definition) is 3. The Bertz CT molecular complexity index is 113. The fraction of sp³-hybridized carbons (Fsp3) is 1.00. The van der Waals surface area contributed by atoms with E-state index in [1.165, 1.54) is 0 Å². The molecule has 0 rings (SSSR count). The molecule has 0 aliphatic carbocycles. The Balaban J connectivity index is 3.85. The van der Waals surface area contributed by atoms with Crippen molar-refractivity contribution in [1.82, 2.24) is 0 Å². The molecule has 0 radical (unpaired) electrons. The molecule has 0 atom stereocenters. The summed E-state index contributed by atoms with van der Waals surface area (Å²) in [5.41, 5.74) is 0. The van der Waals surface area contributed by atoms with E-state index in [1.807, 2.05) is 0 Å². The molecule has 0 N–H and O–H groups in total. The Morgan fingerprint density at radius 1 is 1.67 bits per heavy atom. The minimum atomic E-state index is -3.20. The molecule has 0 amide bonds. The van der Waals surface area contributed by atoms with Crippen LogP contribution in [0.25, 0.3) is 0 Å². The second-order valence-electron chi connectivity index (χ2n) is 0.800. The van der Waals surface area contributed by atoms with Gasteiger partial charge in [-0.2, -0.15) is 0 Å². The van der Waals surface area contributed by atoms with Crippen molar-refractivity contribution < 1.29 is 11.7 Å². The predicted molar refractivity (Wildman–Crippen MR) is 21.7 cm³/mol. The van der Waals surface area contributed by atoms with Gasteiger partial charge < -0.3 is 0 Å². The number of rotatable bonds is 1. The summed E-state index contributed by atoms with van der Waals surface area (Å²) in [6.07, 6.45) is 0.972. The van der Waals surface area contributed by atoms with Crippen LogP contribution in [0, 0.1) is 0 Å². The molecule has 0 bridgehead atoms. The van der Waals surface area contributed by atoms with Crippen molar-refractivity contribution in [2.24, 2.45) is 0 Å². The van der Waals surface area contributed by atoms with E-state index in [2.05, 4.69) is 3.23 Å². The maximum absolute atomic E-state index is 9.76. The molecule has 0 aromatic rings. The fourth-order valence-corrected chi connectivity index (χ4v) is 0. The van der Waals surface area contributed by atoms with E-state index in [0.29, 0.717) is 0 Å². The van der Waals surface area contributed by atoms with E-state index in [9.17, 15) is 8.42 Å². The maximum atomic E-state index is 9.76. The Labute approximate surface area is 45.2 Å². The van der Waals surface area contributed by atoms with Crippen molar-refractivity contribution in [3.05, 3.63) is 0 Å². The first-order valence-corrected chi connectivity index (χ1v) is 3.43. The van der Waals surface area contributed by atoms with Crippen molar-refractivity contribution in [2.75, 3.05) is 6.26 Å². The fourth-order valence-electron chi connectivity index (χ4n) is 0. The zero-order valence-corrected chi connectivity index (χ0v) is 5.18. The van der Waals surface area contributed by atoms with E-state index in [-0.39, 0.29) is 0 Å². The van der Waals surface area contributed by atoms with Crippen LogP contribution in [0.2, 0.25) is 0 Å². The van der Waals surface area contributed by atoms with Crippen LogP contribution in [0.1, 0.15) is 0 Å². The molecule has 0 spiro atoms. The van der Waals surface area contributed by atoms with Gasteiger partial charge in [0, 0.05) is 0 Å². The van der Waals surface area contributed by atoms with Gasteiger partial charge in [0.1, 0.15) is 0 Å². The average Bonchev–Trinajstić information content (AvgIpc) is 1.35. The standard InChI is InChI=1S/CH4O3S.Al/c1-5(2,3)4;/h1H3,(H,2,3,4);/q;+3/p-1. The molecular formula is CH3AlO3S+2. The molecule has 0 fully saturated rings. The SMILES string of the molecule is CS(=O)(=O)[O][Al+2]. The van der Waals surface area contributed by atoms with Gasteiger partial charge >= 0.3 is 44.7 Å². The van der Waals surface area contributed by atoms with Gasteiger partial charge in [0.15, 0.2) is 0 Å². The first kappa shape index (κ1) is 6.44. The summed E-state index contributed by atoms with van der Waals surface area (Å²) in [5.74, 6) is 0. The van der Waals surface area contributed by atoms with Gasteiger partial charge in [-0.15, -0.1) is 0 Å². The van der Waals surface area contributed by atoms with Crippen molar-refractivity contribution in [3.63, 3.8) is 0 Å². The molecule has 0 heterocycles. The summed E-state index contributed by atoms with van der Waals surface area (Å²) in [6, 6.07) is 0. The van der Waals surface area contributed by atoms with Crippen LogP contribution >= 0.6 is 0 Å². The second kappa shape index (κ2) is 1.94. The van der Waals surface area contributed by atoms with Crippen LogP contribution in [0.3, 0.4) is 0 Å². The van der Waals surface area contributed by atoms with Gasteiger partial charge in [-0.05, 0) is 0 Å². The summed E-state index contributed by atoms with van der Waals surface area (Å²) < 4.78 is 23.3. The van der Waals surface area contributed by atoms with Crippen LogP contribution in [0.15, 0.2) is 0 Å². The first-order valence-electron chi connectivity index (χ1n) is 1.14. The van der Waals surface area contributed by atoms with Crippen LogP contribution in [-0.4, -0.2) is 31.3 Å². The van der Waals surface area contributed by atoms with E-state index in [0.717, 1.165) is 6.26 Å². The summed E-state index contributed by atoms with van der Waals surface area (Å²) in [5, 5.41) is 0. The third-order valence-corrected chi connectivity index (χ3v) is 1.57. The van der Waals surface area contributed by atoms with Crippen LogP contribution in [0.5, 0.6) is 0 Å². The number of hydrogen-bond donors (Lipinski definition) is 0. The summed E-state index contributed by atoms with van der Waals surface area (Å²) in [6.45, 7) is 0.